The van der Waals surface area contributed by atoms with Crippen LogP contribution in [-0.2, 0) is 4.79 Å². The molecular weight excluding hydrogens is 358 g/mol. The summed E-state index contributed by atoms with van der Waals surface area (Å²) in [5.74, 6) is -0.731. The number of benzene rings is 1. The highest BCUT2D eigenvalue weighted by Crippen LogP contribution is 2.15. The molecule has 1 aromatic rings. The van der Waals surface area contributed by atoms with Crippen molar-refractivity contribution in [1.82, 2.24) is 5.32 Å². The summed E-state index contributed by atoms with van der Waals surface area (Å²) in [6.45, 7) is 0.707. The second kappa shape index (κ2) is 12.1. The first kappa shape index (κ1) is 19.7. The molecule has 0 radical (unpaired) electrons. The Kier molecular flexibility index (Phi) is 10.4. The van der Waals surface area contributed by atoms with Crippen molar-refractivity contribution < 1.29 is 14.7 Å². The van der Waals surface area contributed by atoms with Crippen LogP contribution >= 0.6 is 15.9 Å². The number of unbranched alkanes of at least 4 members (excludes halogenated alkanes) is 7. The number of carboxylic acids is 1. The Morgan fingerprint density at radius 3 is 2.09 bits per heavy atom. The lowest BCUT2D eigenvalue weighted by molar-refractivity contribution is -0.137. The van der Waals surface area contributed by atoms with Crippen molar-refractivity contribution >= 4 is 27.8 Å². The number of hydrogen-bond donors (Lipinski definition) is 2. The van der Waals surface area contributed by atoms with E-state index in [-0.39, 0.29) is 12.3 Å². The zero-order valence-electron chi connectivity index (χ0n) is 13.5. The first-order chi connectivity index (χ1) is 11.1. The van der Waals surface area contributed by atoms with E-state index in [1.807, 2.05) is 24.3 Å². The van der Waals surface area contributed by atoms with E-state index >= 15 is 0 Å². The van der Waals surface area contributed by atoms with E-state index in [2.05, 4.69) is 21.2 Å². The Morgan fingerprint density at radius 2 is 1.48 bits per heavy atom. The average molecular weight is 384 g/mol. The quantitative estimate of drug-likeness (QED) is 0.510. The number of hydrogen-bond acceptors (Lipinski definition) is 2. The number of carboxylic acid groups (broad SMARTS) is 1. The third kappa shape index (κ3) is 9.39. The van der Waals surface area contributed by atoms with E-state index < -0.39 is 5.97 Å². The summed E-state index contributed by atoms with van der Waals surface area (Å²) in [5, 5.41) is 11.5. The third-order valence-electron chi connectivity index (χ3n) is 3.72. The van der Waals surface area contributed by atoms with Gasteiger partial charge in [-0.3, -0.25) is 9.59 Å². The lowest BCUT2D eigenvalue weighted by Gasteiger charge is -2.06. The fraction of sp³-hybridized carbons (Fsp3) is 0.556. The van der Waals surface area contributed by atoms with Crippen LogP contribution in [0.4, 0.5) is 0 Å². The molecule has 0 spiro atoms. The van der Waals surface area contributed by atoms with Gasteiger partial charge in [0.1, 0.15) is 0 Å². The molecule has 0 atom stereocenters. The van der Waals surface area contributed by atoms with Gasteiger partial charge in [-0.05, 0) is 40.9 Å². The summed E-state index contributed by atoms with van der Waals surface area (Å²) in [7, 11) is 0. The number of halogens is 1. The SMILES string of the molecule is O=C(O)CCCCCCCCCCNC(=O)c1ccccc1Br. The van der Waals surface area contributed by atoms with Crippen molar-refractivity contribution in [2.45, 2.75) is 57.8 Å². The van der Waals surface area contributed by atoms with E-state index in [1.165, 1.54) is 19.3 Å². The Bertz CT molecular complexity index is 491. The zero-order valence-corrected chi connectivity index (χ0v) is 15.1. The van der Waals surface area contributed by atoms with Crippen LogP contribution in [-0.4, -0.2) is 23.5 Å². The van der Waals surface area contributed by atoms with Crippen LogP contribution < -0.4 is 5.32 Å². The highest BCUT2D eigenvalue weighted by Gasteiger charge is 2.07. The highest BCUT2D eigenvalue weighted by molar-refractivity contribution is 9.10. The van der Waals surface area contributed by atoms with Crippen molar-refractivity contribution in [3.8, 4) is 0 Å². The molecule has 1 aromatic carbocycles. The minimum absolute atomic E-state index is 0.0316. The van der Waals surface area contributed by atoms with Gasteiger partial charge in [-0.25, -0.2) is 0 Å². The minimum Gasteiger partial charge on any atom is -0.481 e. The second-order valence-electron chi connectivity index (χ2n) is 5.71. The van der Waals surface area contributed by atoms with Crippen LogP contribution in [0.3, 0.4) is 0 Å². The molecule has 0 saturated carbocycles. The van der Waals surface area contributed by atoms with Gasteiger partial charge in [0.2, 0.25) is 0 Å². The summed E-state index contributed by atoms with van der Waals surface area (Å²) < 4.78 is 0.820. The summed E-state index contributed by atoms with van der Waals surface area (Å²) >= 11 is 3.38. The first-order valence-corrected chi connectivity index (χ1v) is 9.15. The summed E-state index contributed by atoms with van der Waals surface area (Å²) in [6.07, 6.45) is 8.84. The zero-order chi connectivity index (χ0) is 16.9. The molecule has 0 aliphatic carbocycles. The fourth-order valence-corrected chi connectivity index (χ4v) is 2.87. The van der Waals surface area contributed by atoms with Gasteiger partial charge in [0, 0.05) is 17.4 Å². The first-order valence-electron chi connectivity index (χ1n) is 8.36. The largest absolute Gasteiger partial charge is 0.481 e. The van der Waals surface area contributed by atoms with Crippen LogP contribution in [0.2, 0.25) is 0 Å². The topological polar surface area (TPSA) is 66.4 Å². The van der Waals surface area contributed by atoms with Gasteiger partial charge in [-0.2, -0.15) is 0 Å². The molecule has 0 saturated heterocycles. The number of nitrogens with one attached hydrogen (secondary N) is 1. The van der Waals surface area contributed by atoms with Crippen LogP contribution in [0.5, 0.6) is 0 Å². The predicted molar refractivity (Wildman–Crippen MR) is 95.7 cm³/mol. The molecule has 1 amide bonds. The maximum absolute atomic E-state index is 12.0. The summed E-state index contributed by atoms with van der Waals surface area (Å²) in [5.41, 5.74) is 0.675. The average Bonchev–Trinajstić information content (AvgIpc) is 2.52. The van der Waals surface area contributed by atoms with Crippen molar-refractivity contribution in [3.63, 3.8) is 0 Å². The molecule has 0 fully saturated rings. The molecule has 4 nitrogen and oxygen atoms in total. The molecular formula is C18H26BrNO3. The van der Waals surface area contributed by atoms with Gasteiger partial charge in [0.25, 0.3) is 5.91 Å². The molecule has 0 aliphatic rings. The summed E-state index contributed by atoms with van der Waals surface area (Å²) in [4.78, 5) is 22.3. The molecule has 0 aromatic heterocycles. The maximum atomic E-state index is 12.0. The van der Waals surface area contributed by atoms with Crippen LogP contribution in [0, 0.1) is 0 Å². The number of aliphatic carboxylic acids is 1. The monoisotopic (exact) mass is 383 g/mol. The number of carbonyl (C=O) groups excluding carboxylic acids is 1. The predicted octanol–water partition coefficient (Wildman–Crippen LogP) is 4.77. The summed E-state index contributed by atoms with van der Waals surface area (Å²) in [6, 6.07) is 7.42. The van der Waals surface area contributed by atoms with Crippen molar-refractivity contribution in [2.24, 2.45) is 0 Å². The molecule has 0 unspecified atom stereocenters. The fourth-order valence-electron chi connectivity index (χ4n) is 2.40. The van der Waals surface area contributed by atoms with Gasteiger partial charge >= 0.3 is 5.97 Å². The van der Waals surface area contributed by atoms with Gasteiger partial charge in [0.05, 0.1) is 5.56 Å². The van der Waals surface area contributed by atoms with E-state index in [0.717, 1.165) is 36.6 Å². The van der Waals surface area contributed by atoms with E-state index in [4.69, 9.17) is 5.11 Å². The molecule has 1 rings (SSSR count). The number of carbonyl (C=O) groups is 2. The molecule has 2 N–H and O–H groups in total. The molecule has 128 valence electrons. The molecule has 0 heterocycles. The minimum atomic E-state index is -0.699. The van der Waals surface area contributed by atoms with Crippen molar-refractivity contribution in [1.29, 1.82) is 0 Å². The van der Waals surface area contributed by atoms with Crippen LogP contribution in [0.15, 0.2) is 28.7 Å². The lowest BCUT2D eigenvalue weighted by atomic mass is 10.1. The Balaban J connectivity index is 1.95. The molecule has 5 heteroatoms. The van der Waals surface area contributed by atoms with Crippen molar-refractivity contribution in [2.75, 3.05) is 6.54 Å². The van der Waals surface area contributed by atoms with Gasteiger partial charge in [-0.15, -0.1) is 0 Å². The Labute approximate surface area is 146 Å². The Hall–Kier alpha value is -1.36. The smallest absolute Gasteiger partial charge is 0.303 e. The second-order valence-corrected chi connectivity index (χ2v) is 6.56. The number of rotatable bonds is 12. The van der Waals surface area contributed by atoms with Crippen LogP contribution in [0.25, 0.3) is 0 Å². The number of amides is 1. The van der Waals surface area contributed by atoms with Crippen molar-refractivity contribution in [3.05, 3.63) is 34.3 Å². The highest BCUT2D eigenvalue weighted by atomic mass is 79.9. The van der Waals surface area contributed by atoms with Gasteiger partial charge in [-0.1, -0.05) is 50.7 Å². The van der Waals surface area contributed by atoms with E-state index in [0.29, 0.717) is 12.1 Å². The standard InChI is InChI=1S/C18H26BrNO3/c19-16-12-9-8-11-15(16)18(23)20-14-10-6-4-2-1-3-5-7-13-17(21)22/h8-9,11-12H,1-7,10,13-14H2,(H,20,23)(H,21,22). The van der Waals surface area contributed by atoms with E-state index in [9.17, 15) is 9.59 Å². The normalized spacial score (nSPS) is 10.5. The van der Waals surface area contributed by atoms with Crippen LogP contribution in [0.1, 0.15) is 68.1 Å². The lowest BCUT2D eigenvalue weighted by Crippen LogP contribution is -2.24. The Morgan fingerprint density at radius 1 is 0.913 bits per heavy atom. The van der Waals surface area contributed by atoms with Gasteiger partial charge < -0.3 is 10.4 Å². The van der Waals surface area contributed by atoms with E-state index in [1.54, 1.807) is 0 Å². The maximum Gasteiger partial charge on any atom is 0.303 e. The third-order valence-corrected chi connectivity index (χ3v) is 4.41. The molecule has 0 aliphatic heterocycles. The van der Waals surface area contributed by atoms with Gasteiger partial charge in [0.15, 0.2) is 0 Å². The molecule has 23 heavy (non-hydrogen) atoms. The molecule has 0 bridgehead atoms.